The van der Waals surface area contributed by atoms with Crippen molar-refractivity contribution < 1.29 is 0 Å². The molecule has 0 fully saturated rings. The average molecular weight is 292 g/mol. The summed E-state index contributed by atoms with van der Waals surface area (Å²) in [6.45, 7) is 2.17. The second-order valence-corrected chi connectivity index (χ2v) is 4.82. The van der Waals surface area contributed by atoms with Crippen LogP contribution in [0.3, 0.4) is 0 Å². The summed E-state index contributed by atoms with van der Waals surface area (Å²) in [5.41, 5.74) is 4.00. The third-order valence-electron chi connectivity index (χ3n) is 2.39. The molecule has 15 heavy (non-hydrogen) atoms. The molecule has 4 heteroatoms. The second kappa shape index (κ2) is 6.48. The predicted octanol–water partition coefficient (Wildman–Crippen LogP) is 3.80. The Kier molecular flexibility index (Phi) is 5.61. The van der Waals surface area contributed by atoms with Crippen LogP contribution in [0.25, 0.3) is 0 Å². The van der Waals surface area contributed by atoms with E-state index in [1.807, 2.05) is 18.2 Å². The van der Waals surface area contributed by atoms with E-state index in [-0.39, 0.29) is 6.04 Å². The van der Waals surface area contributed by atoms with Gasteiger partial charge in [0.25, 0.3) is 0 Å². The van der Waals surface area contributed by atoms with E-state index in [0.717, 1.165) is 27.9 Å². The molecule has 1 atom stereocenters. The highest BCUT2D eigenvalue weighted by molar-refractivity contribution is 9.10. The molecule has 0 aliphatic heterocycles. The number of nitrogens with two attached hydrogens (primary N) is 1. The van der Waals surface area contributed by atoms with Gasteiger partial charge in [0.15, 0.2) is 0 Å². The van der Waals surface area contributed by atoms with Crippen molar-refractivity contribution in [2.45, 2.75) is 32.2 Å². The molecular formula is C11H16BrClN2. The normalized spacial score (nSPS) is 12.8. The van der Waals surface area contributed by atoms with Gasteiger partial charge in [-0.15, -0.1) is 0 Å². The standard InChI is InChI=1S/C11H16BrClN2/c1-2-3-4-11(15-14)9-6-5-8(13)7-10(9)12/h5-7,11,15H,2-4,14H2,1H3. The van der Waals surface area contributed by atoms with E-state index < -0.39 is 0 Å². The van der Waals surface area contributed by atoms with E-state index in [1.54, 1.807) is 0 Å². The van der Waals surface area contributed by atoms with Gasteiger partial charge in [-0.2, -0.15) is 0 Å². The summed E-state index contributed by atoms with van der Waals surface area (Å²) in [6, 6.07) is 5.98. The molecule has 84 valence electrons. The van der Waals surface area contributed by atoms with Crippen molar-refractivity contribution in [1.82, 2.24) is 5.43 Å². The molecule has 0 aromatic heterocycles. The summed E-state index contributed by atoms with van der Waals surface area (Å²) in [6.07, 6.45) is 3.36. The van der Waals surface area contributed by atoms with Crippen LogP contribution < -0.4 is 11.3 Å². The lowest BCUT2D eigenvalue weighted by Crippen LogP contribution is -2.28. The third-order valence-corrected chi connectivity index (χ3v) is 3.31. The lowest BCUT2D eigenvalue weighted by atomic mass is 10.0. The van der Waals surface area contributed by atoms with Gasteiger partial charge >= 0.3 is 0 Å². The number of rotatable bonds is 5. The zero-order valence-corrected chi connectivity index (χ0v) is 11.1. The van der Waals surface area contributed by atoms with Crippen molar-refractivity contribution in [2.24, 2.45) is 5.84 Å². The maximum atomic E-state index is 5.89. The van der Waals surface area contributed by atoms with Crippen LogP contribution in [0.5, 0.6) is 0 Å². The third kappa shape index (κ3) is 3.76. The average Bonchev–Trinajstić information content (AvgIpc) is 2.21. The molecule has 1 rings (SSSR count). The smallest absolute Gasteiger partial charge is 0.0471 e. The maximum absolute atomic E-state index is 5.89. The van der Waals surface area contributed by atoms with E-state index in [0.29, 0.717) is 0 Å². The SMILES string of the molecule is CCCCC(NN)c1ccc(Cl)cc1Br. The fraction of sp³-hybridized carbons (Fsp3) is 0.455. The van der Waals surface area contributed by atoms with Crippen LogP contribution in [0.1, 0.15) is 37.8 Å². The Morgan fingerprint density at radius 1 is 1.53 bits per heavy atom. The summed E-state index contributed by atoms with van der Waals surface area (Å²) in [7, 11) is 0. The Bertz CT molecular complexity index is 317. The largest absolute Gasteiger partial charge is 0.271 e. The van der Waals surface area contributed by atoms with E-state index >= 15 is 0 Å². The molecule has 0 spiro atoms. The molecular weight excluding hydrogens is 275 g/mol. The molecule has 2 nitrogen and oxygen atoms in total. The molecule has 1 aromatic rings. The summed E-state index contributed by atoms with van der Waals surface area (Å²) in [5.74, 6) is 5.55. The highest BCUT2D eigenvalue weighted by atomic mass is 79.9. The van der Waals surface area contributed by atoms with Crippen molar-refractivity contribution in [3.05, 3.63) is 33.3 Å². The van der Waals surface area contributed by atoms with Crippen LogP contribution in [-0.2, 0) is 0 Å². The minimum absolute atomic E-state index is 0.191. The van der Waals surface area contributed by atoms with Crippen LogP contribution in [0.4, 0.5) is 0 Å². The first kappa shape index (κ1) is 13.0. The number of hydrogen-bond donors (Lipinski definition) is 2. The lowest BCUT2D eigenvalue weighted by Gasteiger charge is -2.17. The molecule has 0 aliphatic carbocycles. The predicted molar refractivity (Wildman–Crippen MR) is 68.7 cm³/mol. The van der Waals surface area contributed by atoms with Crippen molar-refractivity contribution in [3.63, 3.8) is 0 Å². The molecule has 3 N–H and O–H groups in total. The second-order valence-electron chi connectivity index (χ2n) is 3.53. The summed E-state index contributed by atoms with van der Waals surface area (Å²) in [4.78, 5) is 0. The quantitative estimate of drug-likeness (QED) is 0.640. The Balaban J connectivity index is 2.81. The van der Waals surface area contributed by atoms with E-state index in [4.69, 9.17) is 17.4 Å². The van der Waals surface area contributed by atoms with Crippen LogP contribution in [0.15, 0.2) is 22.7 Å². The van der Waals surface area contributed by atoms with E-state index in [9.17, 15) is 0 Å². The fourth-order valence-electron chi connectivity index (χ4n) is 1.52. The van der Waals surface area contributed by atoms with Crippen molar-refractivity contribution in [3.8, 4) is 0 Å². The molecule has 0 heterocycles. The van der Waals surface area contributed by atoms with Crippen LogP contribution in [0.2, 0.25) is 5.02 Å². The molecule has 0 saturated carbocycles. The van der Waals surface area contributed by atoms with Gasteiger partial charge in [0, 0.05) is 15.5 Å². The van der Waals surface area contributed by atoms with Gasteiger partial charge in [-0.05, 0) is 24.1 Å². The van der Waals surface area contributed by atoms with Crippen LogP contribution in [0, 0.1) is 0 Å². The van der Waals surface area contributed by atoms with Gasteiger partial charge in [0.1, 0.15) is 0 Å². The van der Waals surface area contributed by atoms with Gasteiger partial charge < -0.3 is 0 Å². The minimum atomic E-state index is 0.191. The van der Waals surface area contributed by atoms with Gasteiger partial charge in [0.2, 0.25) is 0 Å². The molecule has 1 unspecified atom stereocenters. The highest BCUT2D eigenvalue weighted by Crippen LogP contribution is 2.28. The van der Waals surface area contributed by atoms with E-state index in [1.165, 1.54) is 6.42 Å². The highest BCUT2D eigenvalue weighted by Gasteiger charge is 2.12. The monoisotopic (exact) mass is 290 g/mol. The Morgan fingerprint density at radius 2 is 2.27 bits per heavy atom. The first-order valence-electron chi connectivity index (χ1n) is 5.10. The van der Waals surface area contributed by atoms with Gasteiger partial charge in [0.05, 0.1) is 0 Å². The summed E-state index contributed by atoms with van der Waals surface area (Å²) < 4.78 is 1.01. The Hall–Kier alpha value is -0.0900. The minimum Gasteiger partial charge on any atom is -0.271 e. The molecule has 0 amide bonds. The first-order valence-corrected chi connectivity index (χ1v) is 6.27. The van der Waals surface area contributed by atoms with Crippen LogP contribution in [-0.4, -0.2) is 0 Å². The molecule has 0 saturated heterocycles. The summed E-state index contributed by atoms with van der Waals surface area (Å²) in [5, 5.41) is 0.733. The van der Waals surface area contributed by atoms with Gasteiger partial charge in [-0.1, -0.05) is 53.4 Å². The Morgan fingerprint density at radius 3 is 2.80 bits per heavy atom. The topological polar surface area (TPSA) is 38.0 Å². The zero-order chi connectivity index (χ0) is 11.3. The number of nitrogens with one attached hydrogen (secondary N) is 1. The van der Waals surface area contributed by atoms with E-state index in [2.05, 4.69) is 28.3 Å². The maximum Gasteiger partial charge on any atom is 0.0471 e. The van der Waals surface area contributed by atoms with Gasteiger partial charge in [-0.25, -0.2) is 0 Å². The first-order chi connectivity index (χ1) is 7.19. The number of hydrogen-bond acceptors (Lipinski definition) is 2. The van der Waals surface area contributed by atoms with Crippen molar-refractivity contribution in [2.75, 3.05) is 0 Å². The molecule has 0 aliphatic rings. The number of unbranched alkanes of at least 4 members (excludes halogenated alkanes) is 1. The van der Waals surface area contributed by atoms with Crippen LogP contribution >= 0.6 is 27.5 Å². The number of benzene rings is 1. The summed E-state index contributed by atoms with van der Waals surface area (Å²) >= 11 is 9.39. The molecule has 0 bridgehead atoms. The number of hydrazine groups is 1. The molecule has 0 radical (unpaired) electrons. The van der Waals surface area contributed by atoms with Crippen molar-refractivity contribution in [1.29, 1.82) is 0 Å². The zero-order valence-electron chi connectivity index (χ0n) is 8.76. The van der Waals surface area contributed by atoms with Crippen molar-refractivity contribution >= 4 is 27.5 Å². The number of halogens is 2. The Labute approximate surface area is 104 Å². The fourth-order valence-corrected chi connectivity index (χ4v) is 2.48. The lowest BCUT2D eigenvalue weighted by molar-refractivity contribution is 0.493. The van der Waals surface area contributed by atoms with Gasteiger partial charge in [-0.3, -0.25) is 11.3 Å². The molecule has 1 aromatic carbocycles.